The fraction of sp³-hybridized carbons (Fsp3) is 0.304. The van der Waals surface area contributed by atoms with E-state index in [9.17, 15) is 39.5 Å². The quantitative estimate of drug-likeness (QED) is 0.173. The van der Waals surface area contributed by atoms with Gasteiger partial charge in [-0.25, -0.2) is 4.39 Å². The molecule has 0 spiro atoms. The molecule has 2 atom stereocenters. The molecule has 40 heavy (non-hydrogen) atoms. The topological polar surface area (TPSA) is 24.1 Å². The van der Waals surface area contributed by atoms with E-state index in [-0.39, 0.29) is 27.2 Å². The van der Waals surface area contributed by atoms with Gasteiger partial charge in [0.1, 0.15) is 23.3 Å². The predicted octanol–water partition coefficient (Wildman–Crippen LogP) is 9.45. The van der Waals surface area contributed by atoms with Crippen LogP contribution in [0, 0.1) is 0 Å². The van der Waals surface area contributed by atoms with E-state index in [0.717, 1.165) is 18.2 Å². The maximum absolute atomic E-state index is 15.0. The summed E-state index contributed by atoms with van der Waals surface area (Å²) in [6.45, 7) is -0.263. The number of hydrogen-bond acceptors (Lipinski definition) is 2. The summed E-state index contributed by atoms with van der Waals surface area (Å²) in [6.07, 6.45) is -14.8. The van der Waals surface area contributed by atoms with Crippen LogP contribution < -0.4 is 10.6 Å². The van der Waals surface area contributed by atoms with Crippen LogP contribution in [-0.4, -0.2) is 34.9 Å². The van der Waals surface area contributed by atoms with E-state index >= 15 is 4.39 Å². The molecule has 0 amide bonds. The van der Waals surface area contributed by atoms with Crippen molar-refractivity contribution in [1.29, 1.82) is 0 Å². The van der Waals surface area contributed by atoms with Gasteiger partial charge in [-0.2, -0.15) is 39.5 Å². The summed E-state index contributed by atoms with van der Waals surface area (Å²) in [7, 11) is 0. The van der Waals surface area contributed by atoms with Gasteiger partial charge in [-0.3, -0.25) is 0 Å². The first-order chi connectivity index (χ1) is 18.1. The molecule has 0 saturated heterocycles. The Kier molecular flexibility index (Phi) is 11.1. The molecule has 17 heteroatoms. The van der Waals surface area contributed by atoms with Crippen molar-refractivity contribution in [2.75, 3.05) is 6.54 Å². The highest BCUT2D eigenvalue weighted by atomic mass is 35.5. The number of nitrogens with one attached hydrogen (secondary N) is 2. The van der Waals surface area contributed by atoms with Crippen LogP contribution in [-0.2, 0) is 6.18 Å². The number of alkyl halides is 9. The molecule has 0 aliphatic heterocycles. The molecular formula is C23H15Cl3F10N2S2. The van der Waals surface area contributed by atoms with Crippen molar-refractivity contribution < 1.29 is 43.9 Å². The summed E-state index contributed by atoms with van der Waals surface area (Å²) < 4.78 is 135. The van der Waals surface area contributed by atoms with Crippen molar-refractivity contribution in [2.45, 2.75) is 37.4 Å². The third-order valence-corrected chi connectivity index (χ3v) is 7.11. The SMILES string of the molecule is C[C@@H](NC(=S)c1ccc(/C(F)=C/C(c2cc(Cl)c(Cl)c(Cl)c2)C(F)(F)F)cc1C(F)(F)F)C(=S)NCC(F)(F)F. The molecular weight excluding hydrogens is 665 g/mol. The van der Waals surface area contributed by atoms with Crippen LogP contribution in [0.1, 0.15) is 35.1 Å². The molecule has 0 aliphatic rings. The maximum atomic E-state index is 15.0. The van der Waals surface area contributed by atoms with Gasteiger partial charge in [-0.1, -0.05) is 71.4 Å². The number of thiocarbonyl (C=S) groups is 2. The van der Waals surface area contributed by atoms with E-state index in [1.165, 1.54) is 6.92 Å². The molecule has 0 heterocycles. The first-order valence-corrected chi connectivity index (χ1v) is 12.5. The van der Waals surface area contributed by atoms with Crippen LogP contribution in [0.25, 0.3) is 5.83 Å². The molecule has 0 radical (unpaired) electrons. The summed E-state index contributed by atoms with van der Waals surface area (Å²) >= 11 is 27.0. The molecule has 220 valence electrons. The van der Waals surface area contributed by atoms with Crippen molar-refractivity contribution in [3.63, 3.8) is 0 Å². The van der Waals surface area contributed by atoms with Crippen LogP contribution in [0.2, 0.25) is 15.1 Å². The number of benzene rings is 2. The zero-order valence-electron chi connectivity index (χ0n) is 19.6. The summed E-state index contributed by atoms with van der Waals surface area (Å²) in [5, 5.41) is 3.27. The normalized spacial score (nSPS) is 14.5. The molecule has 0 aliphatic carbocycles. The smallest absolute Gasteiger partial charge is 0.369 e. The summed E-state index contributed by atoms with van der Waals surface area (Å²) in [5.41, 5.74) is -3.72. The van der Waals surface area contributed by atoms with E-state index in [4.69, 9.17) is 59.2 Å². The van der Waals surface area contributed by atoms with Crippen LogP contribution in [0.5, 0.6) is 0 Å². The lowest BCUT2D eigenvalue weighted by Crippen LogP contribution is -2.46. The lowest BCUT2D eigenvalue weighted by atomic mass is 9.95. The summed E-state index contributed by atoms with van der Waals surface area (Å²) in [6, 6.07) is 2.15. The van der Waals surface area contributed by atoms with Crippen molar-refractivity contribution in [1.82, 2.24) is 10.6 Å². The van der Waals surface area contributed by atoms with Gasteiger partial charge in [0.15, 0.2) is 0 Å². The Labute approximate surface area is 246 Å². The number of hydrogen-bond donors (Lipinski definition) is 2. The highest BCUT2D eigenvalue weighted by Crippen LogP contribution is 2.43. The Morgan fingerprint density at radius 3 is 1.95 bits per heavy atom. The monoisotopic (exact) mass is 678 g/mol. The van der Waals surface area contributed by atoms with Gasteiger partial charge < -0.3 is 10.6 Å². The Morgan fingerprint density at radius 1 is 0.925 bits per heavy atom. The molecule has 2 nitrogen and oxygen atoms in total. The third kappa shape index (κ3) is 9.33. The second kappa shape index (κ2) is 13.0. The van der Waals surface area contributed by atoms with E-state index in [2.05, 4.69) is 5.32 Å². The van der Waals surface area contributed by atoms with E-state index in [1.54, 1.807) is 0 Å². The highest BCUT2D eigenvalue weighted by molar-refractivity contribution is 7.81. The first kappa shape index (κ1) is 34.3. The molecule has 2 aromatic rings. The minimum Gasteiger partial charge on any atom is -0.369 e. The van der Waals surface area contributed by atoms with Crippen molar-refractivity contribution >= 4 is 75.0 Å². The zero-order valence-corrected chi connectivity index (χ0v) is 23.5. The van der Waals surface area contributed by atoms with Crippen LogP contribution >= 0.6 is 59.2 Å². The Balaban J connectivity index is 2.45. The molecule has 0 aromatic heterocycles. The van der Waals surface area contributed by atoms with Gasteiger partial charge in [0.25, 0.3) is 0 Å². The van der Waals surface area contributed by atoms with E-state index < -0.39 is 75.1 Å². The fourth-order valence-corrected chi connectivity index (χ4v) is 4.28. The fourth-order valence-electron chi connectivity index (χ4n) is 3.18. The average molecular weight is 680 g/mol. The van der Waals surface area contributed by atoms with Crippen LogP contribution in [0.3, 0.4) is 0 Å². The molecule has 0 fully saturated rings. The first-order valence-electron chi connectivity index (χ1n) is 10.6. The number of allylic oxidation sites excluding steroid dienone is 1. The van der Waals surface area contributed by atoms with Gasteiger partial charge >= 0.3 is 18.5 Å². The molecule has 2 rings (SSSR count). The van der Waals surface area contributed by atoms with Gasteiger partial charge in [0.2, 0.25) is 0 Å². The molecule has 0 saturated carbocycles. The van der Waals surface area contributed by atoms with Gasteiger partial charge in [-0.15, -0.1) is 0 Å². The second-order valence-electron chi connectivity index (χ2n) is 8.12. The zero-order chi connectivity index (χ0) is 30.8. The van der Waals surface area contributed by atoms with Gasteiger partial charge in [0, 0.05) is 11.1 Å². The highest BCUT2D eigenvalue weighted by Gasteiger charge is 2.41. The lowest BCUT2D eigenvalue weighted by Gasteiger charge is -2.21. The van der Waals surface area contributed by atoms with Crippen LogP contribution in [0.15, 0.2) is 36.4 Å². The average Bonchev–Trinajstić information content (AvgIpc) is 2.81. The minimum atomic E-state index is -5.16. The van der Waals surface area contributed by atoms with Crippen molar-refractivity contribution in [2.24, 2.45) is 0 Å². The summed E-state index contributed by atoms with van der Waals surface area (Å²) in [5.74, 6) is -4.33. The number of rotatable bonds is 7. The van der Waals surface area contributed by atoms with Crippen LogP contribution in [0.4, 0.5) is 43.9 Å². The molecule has 1 unspecified atom stereocenters. The third-order valence-electron chi connectivity index (χ3n) is 5.08. The van der Waals surface area contributed by atoms with E-state index in [1.807, 2.05) is 5.32 Å². The number of halogens is 13. The second-order valence-corrected chi connectivity index (χ2v) is 10.2. The molecule has 2 N–H and O–H groups in total. The Bertz CT molecular complexity index is 1280. The Morgan fingerprint density at radius 2 is 1.48 bits per heavy atom. The van der Waals surface area contributed by atoms with Gasteiger partial charge in [-0.05, 0) is 36.8 Å². The van der Waals surface area contributed by atoms with Gasteiger partial charge in [0.05, 0.1) is 31.7 Å². The standard InChI is InChI=1S/C23H15Cl3F10N2S2/c1-9(19(39)37-8-21(28,29)30)38-20(40)12-3-2-10(4-14(12)23(34,35)36)17(27)7-13(22(31,32)33)11-5-15(24)18(26)16(25)6-11/h2-7,9,13H,8H2,1H3,(H,37,39)(H,38,40)/b17-7-/t9-,13?/m1/s1. The maximum Gasteiger partial charge on any atom is 0.417 e. The lowest BCUT2D eigenvalue weighted by molar-refractivity contribution is -0.140. The van der Waals surface area contributed by atoms with E-state index in [0.29, 0.717) is 6.07 Å². The summed E-state index contributed by atoms with van der Waals surface area (Å²) in [4.78, 5) is -1.01. The molecule has 2 aromatic carbocycles. The Hall–Kier alpha value is -1.87. The van der Waals surface area contributed by atoms with Crippen molar-refractivity contribution in [3.8, 4) is 0 Å². The predicted molar refractivity (Wildman–Crippen MR) is 142 cm³/mol. The minimum absolute atomic E-state index is 0.0501. The van der Waals surface area contributed by atoms with Crippen molar-refractivity contribution in [3.05, 3.63) is 73.7 Å². The molecule has 0 bridgehead atoms. The largest absolute Gasteiger partial charge is 0.417 e.